The predicted molar refractivity (Wildman–Crippen MR) is 91.1 cm³/mol. The minimum absolute atomic E-state index is 0.0374. The van der Waals surface area contributed by atoms with Crippen LogP contribution in [0.1, 0.15) is 21.9 Å². The fourth-order valence-corrected chi connectivity index (χ4v) is 2.73. The molecule has 3 aromatic rings. The first-order chi connectivity index (χ1) is 13.4. The number of amides is 1. The molecule has 0 radical (unpaired) electrons. The van der Waals surface area contributed by atoms with Crippen LogP contribution < -0.4 is 5.32 Å². The van der Waals surface area contributed by atoms with Crippen molar-refractivity contribution in [2.24, 2.45) is 7.05 Å². The number of rotatable bonds is 5. The number of carbonyl (C=O) groups is 1. The summed E-state index contributed by atoms with van der Waals surface area (Å²) in [5.41, 5.74) is -1.79. The quantitative estimate of drug-likeness (QED) is 0.589. The third kappa shape index (κ3) is 4.02. The molecule has 0 bridgehead atoms. The number of aryl methyl sites for hydroxylation is 1. The highest BCUT2D eigenvalue weighted by Crippen LogP contribution is 2.31. The van der Waals surface area contributed by atoms with E-state index in [4.69, 9.17) is 0 Å². The summed E-state index contributed by atoms with van der Waals surface area (Å²) in [5.74, 6) is -1.17. The van der Waals surface area contributed by atoms with Crippen molar-refractivity contribution in [2.45, 2.75) is 12.7 Å². The number of fused-ring (bicyclic) bond motifs is 1. The van der Waals surface area contributed by atoms with Crippen molar-refractivity contribution in [3.05, 3.63) is 29.2 Å². The summed E-state index contributed by atoms with van der Waals surface area (Å²) < 4.78 is 66.3. The van der Waals surface area contributed by atoms with Crippen LogP contribution in [0.5, 0.6) is 0 Å². The number of hydrogen-bond acceptors (Lipinski definition) is 8. The first kappa shape index (κ1) is 20.6. The third-order valence-corrected chi connectivity index (χ3v) is 5.19. The smallest absolute Gasteiger partial charge is 0.289 e. The van der Waals surface area contributed by atoms with Crippen LogP contribution in [-0.4, -0.2) is 66.7 Å². The molecular weight excluding hydrogens is 419 g/mol. The molecule has 3 rings (SSSR count). The molecule has 0 atom stereocenters. The Kier molecular flexibility index (Phi) is 4.99. The average molecular weight is 433 g/mol. The van der Waals surface area contributed by atoms with Gasteiger partial charge < -0.3 is 0 Å². The Balaban J connectivity index is 2.12. The number of nitrogens with one attached hydrogen (secondary N) is 1. The van der Waals surface area contributed by atoms with Gasteiger partial charge in [-0.3, -0.25) is 14.5 Å². The van der Waals surface area contributed by atoms with Gasteiger partial charge in [-0.15, -0.1) is 10.2 Å². The van der Waals surface area contributed by atoms with Crippen LogP contribution in [0, 0.1) is 0 Å². The number of nitrogens with zero attached hydrogens (tertiary/aromatic N) is 8. The minimum Gasteiger partial charge on any atom is -0.289 e. The average Bonchev–Trinajstić information content (AvgIpc) is 3.19. The number of hydrogen-bond donors (Lipinski definition) is 1. The van der Waals surface area contributed by atoms with Crippen LogP contribution in [0.2, 0.25) is 0 Å². The van der Waals surface area contributed by atoms with Gasteiger partial charge in [-0.2, -0.15) is 17.5 Å². The van der Waals surface area contributed by atoms with Gasteiger partial charge in [0.05, 0.1) is 18.4 Å². The summed E-state index contributed by atoms with van der Waals surface area (Å²) in [6.07, 6.45) is -3.91. The van der Waals surface area contributed by atoms with Crippen LogP contribution in [0.15, 0.2) is 12.1 Å². The molecule has 1 amide bonds. The normalized spacial score (nSPS) is 12.7. The molecule has 29 heavy (non-hydrogen) atoms. The maximum absolute atomic E-state index is 13.5. The molecule has 0 spiro atoms. The first-order valence-corrected chi connectivity index (χ1v) is 9.63. The van der Waals surface area contributed by atoms with Gasteiger partial charge in [0, 0.05) is 14.1 Å². The summed E-state index contributed by atoms with van der Waals surface area (Å²) >= 11 is 0. The predicted octanol–water partition coefficient (Wildman–Crippen LogP) is -0.0847. The maximum atomic E-state index is 13.5. The number of pyridine rings is 1. The highest BCUT2D eigenvalue weighted by atomic mass is 32.2. The van der Waals surface area contributed by atoms with E-state index in [1.807, 2.05) is 0 Å². The standard InChI is InChI=1S/C13H14F3N9O3S/c1-23(29(3,27)28)6-9-18-19-10-7(4-5-8(25(9)10)13(14,15)16)11(26)17-12-20-21-22-24(12)2/h4-5H,6H2,1-3H3,(H,17,20,22,26). The van der Waals surface area contributed by atoms with Crippen molar-refractivity contribution in [1.82, 2.24) is 39.1 Å². The van der Waals surface area contributed by atoms with Crippen LogP contribution >= 0.6 is 0 Å². The van der Waals surface area contributed by atoms with Gasteiger partial charge >= 0.3 is 6.18 Å². The largest absolute Gasteiger partial charge is 0.431 e. The Bertz CT molecular complexity index is 1190. The summed E-state index contributed by atoms with van der Waals surface area (Å²) in [5, 5.41) is 20.1. The van der Waals surface area contributed by atoms with Gasteiger partial charge in [-0.1, -0.05) is 5.10 Å². The highest BCUT2D eigenvalue weighted by Gasteiger charge is 2.36. The molecule has 12 nitrogen and oxygen atoms in total. The van der Waals surface area contributed by atoms with Gasteiger partial charge in [-0.05, 0) is 22.6 Å². The summed E-state index contributed by atoms with van der Waals surface area (Å²) in [4.78, 5) is 12.5. The van der Waals surface area contributed by atoms with Gasteiger partial charge in [-0.25, -0.2) is 13.1 Å². The summed E-state index contributed by atoms with van der Waals surface area (Å²) in [7, 11) is -1.06. The molecule has 16 heteroatoms. The number of halogens is 3. The van der Waals surface area contributed by atoms with Gasteiger partial charge in [0.25, 0.3) is 5.91 Å². The zero-order valence-corrected chi connectivity index (χ0v) is 16.0. The Morgan fingerprint density at radius 1 is 1.24 bits per heavy atom. The van der Waals surface area contributed by atoms with E-state index in [9.17, 15) is 26.4 Å². The molecule has 3 heterocycles. The van der Waals surface area contributed by atoms with E-state index in [0.717, 1.165) is 21.3 Å². The SMILES string of the molecule is CN(Cc1nnc2c(C(=O)Nc3nnnn3C)ccc(C(F)(F)F)n12)S(C)(=O)=O. The Morgan fingerprint density at radius 2 is 1.93 bits per heavy atom. The zero-order valence-electron chi connectivity index (χ0n) is 15.2. The molecule has 0 fully saturated rings. The summed E-state index contributed by atoms with van der Waals surface area (Å²) in [6.45, 7) is -0.485. The Labute approximate surface area is 161 Å². The van der Waals surface area contributed by atoms with E-state index in [2.05, 4.69) is 31.0 Å². The second-order valence-electron chi connectivity index (χ2n) is 6.00. The van der Waals surface area contributed by atoms with Crippen LogP contribution in [-0.2, 0) is 29.8 Å². The molecular formula is C13H14F3N9O3S. The third-order valence-electron chi connectivity index (χ3n) is 3.93. The Morgan fingerprint density at radius 3 is 2.48 bits per heavy atom. The van der Waals surface area contributed by atoms with Crippen molar-refractivity contribution < 1.29 is 26.4 Å². The van der Waals surface area contributed by atoms with Gasteiger partial charge in [0.15, 0.2) is 11.5 Å². The lowest BCUT2D eigenvalue weighted by molar-refractivity contribution is -0.142. The highest BCUT2D eigenvalue weighted by molar-refractivity contribution is 7.88. The van der Waals surface area contributed by atoms with Crippen molar-refractivity contribution in [1.29, 1.82) is 0 Å². The zero-order chi connectivity index (χ0) is 21.6. The molecule has 0 aromatic carbocycles. The molecule has 0 saturated carbocycles. The molecule has 0 aliphatic rings. The number of alkyl halides is 3. The number of sulfonamides is 1. The van der Waals surface area contributed by atoms with Crippen molar-refractivity contribution in [3.8, 4) is 0 Å². The first-order valence-electron chi connectivity index (χ1n) is 7.79. The molecule has 0 unspecified atom stereocenters. The number of anilines is 1. The second kappa shape index (κ2) is 7.03. The molecule has 1 N–H and O–H groups in total. The lowest BCUT2D eigenvalue weighted by atomic mass is 10.2. The van der Waals surface area contributed by atoms with Crippen molar-refractivity contribution >= 4 is 27.5 Å². The number of tetrazole rings is 1. The van der Waals surface area contributed by atoms with E-state index in [0.29, 0.717) is 10.5 Å². The van der Waals surface area contributed by atoms with E-state index < -0.39 is 40.0 Å². The molecule has 0 aliphatic heterocycles. The van der Waals surface area contributed by atoms with E-state index in [-0.39, 0.29) is 17.3 Å². The molecule has 3 aromatic heterocycles. The molecule has 0 aliphatic carbocycles. The molecule has 156 valence electrons. The topological polar surface area (TPSA) is 140 Å². The van der Waals surface area contributed by atoms with Gasteiger partial charge in [0.1, 0.15) is 5.69 Å². The lowest BCUT2D eigenvalue weighted by Gasteiger charge is -2.16. The van der Waals surface area contributed by atoms with Gasteiger partial charge in [0.2, 0.25) is 16.0 Å². The van der Waals surface area contributed by atoms with Crippen molar-refractivity contribution in [2.75, 3.05) is 18.6 Å². The Hall–Kier alpha value is -3.14. The second-order valence-corrected chi connectivity index (χ2v) is 8.09. The van der Waals surface area contributed by atoms with E-state index in [1.165, 1.54) is 14.1 Å². The fourth-order valence-electron chi connectivity index (χ4n) is 2.38. The molecule has 0 saturated heterocycles. The van der Waals surface area contributed by atoms with Crippen LogP contribution in [0.4, 0.5) is 19.1 Å². The van der Waals surface area contributed by atoms with E-state index in [1.54, 1.807) is 0 Å². The summed E-state index contributed by atoms with van der Waals surface area (Å²) in [6, 6.07) is 1.63. The van der Waals surface area contributed by atoms with Crippen LogP contribution in [0.25, 0.3) is 5.65 Å². The monoisotopic (exact) mass is 433 g/mol. The minimum atomic E-state index is -4.80. The number of carbonyl (C=O) groups excluding carboxylic acids is 1. The van der Waals surface area contributed by atoms with Crippen molar-refractivity contribution in [3.63, 3.8) is 0 Å². The lowest BCUT2D eigenvalue weighted by Crippen LogP contribution is -2.27. The van der Waals surface area contributed by atoms with E-state index >= 15 is 0 Å². The maximum Gasteiger partial charge on any atom is 0.431 e. The van der Waals surface area contributed by atoms with Crippen LogP contribution in [0.3, 0.4) is 0 Å². The fraction of sp³-hybridized carbons (Fsp3) is 0.385. The number of aromatic nitrogens is 7.